The number of unbranched alkanes of at least 4 members (excludes halogenated alkanes) is 48. The third-order valence-corrected chi connectivity index (χ3v) is 16.6. The zero-order valence-electron chi connectivity index (χ0n) is 52.4. The molecule has 6 heteroatoms. The highest BCUT2D eigenvalue weighted by atomic mass is 16.6. The lowest BCUT2D eigenvalue weighted by Crippen LogP contribution is -2.30. The van der Waals surface area contributed by atoms with Gasteiger partial charge in [-0.05, 0) is 31.1 Å². The molecule has 0 saturated carbocycles. The number of hydrogen-bond donors (Lipinski definition) is 0. The van der Waals surface area contributed by atoms with Crippen LogP contribution in [0.4, 0.5) is 0 Å². The van der Waals surface area contributed by atoms with Gasteiger partial charge in [0.25, 0.3) is 0 Å². The number of esters is 3. The molecule has 0 aromatic carbocycles. The molecular weight excluding hydrogens is 937 g/mol. The summed E-state index contributed by atoms with van der Waals surface area (Å²) in [6.45, 7) is 11.5. The molecule has 0 aliphatic heterocycles. The molecule has 0 aliphatic rings. The van der Waals surface area contributed by atoms with E-state index in [0.29, 0.717) is 19.3 Å². The molecule has 0 N–H and O–H groups in total. The van der Waals surface area contributed by atoms with Crippen LogP contribution >= 0.6 is 0 Å². The molecule has 6 nitrogen and oxygen atoms in total. The maximum atomic E-state index is 13.0. The predicted molar refractivity (Wildman–Crippen MR) is 330 cm³/mol. The number of carbonyl (C=O) groups is 3. The van der Waals surface area contributed by atoms with Gasteiger partial charge in [-0.15, -0.1) is 0 Å². The maximum absolute atomic E-state index is 13.0. The molecule has 452 valence electrons. The van der Waals surface area contributed by atoms with Crippen LogP contribution in [0.1, 0.15) is 401 Å². The van der Waals surface area contributed by atoms with E-state index in [9.17, 15) is 14.4 Å². The van der Waals surface area contributed by atoms with Crippen LogP contribution < -0.4 is 0 Å². The molecule has 0 radical (unpaired) electrons. The Labute approximate surface area is 476 Å². The molecule has 0 fully saturated rings. The van der Waals surface area contributed by atoms with Gasteiger partial charge in [-0.3, -0.25) is 14.4 Å². The van der Waals surface area contributed by atoms with Gasteiger partial charge in [0, 0.05) is 19.3 Å². The van der Waals surface area contributed by atoms with E-state index in [1.807, 2.05) is 0 Å². The molecule has 0 aliphatic carbocycles. The zero-order chi connectivity index (χ0) is 55.3. The van der Waals surface area contributed by atoms with E-state index in [4.69, 9.17) is 14.2 Å². The van der Waals surface area contributed by atoms with Crippen molar-refractivity contribution in [3.05, 3.63) is 0 Å². The summed E-state index contributed by atoms with van der Waals surface area (Å²) in [6.07, 6.45) is 71.1. The maximum Gasteiger partial charge on any atom is 0.306 e. The third kappa shape index (κ3) is 61.6. The fourth-order valence-corrected chi connectivity index (χ4v) is 11.0. The minimum Gasteiger partial charge on any atom is -0.462 e. The van der Waals surface area contributed by atoms with Crippen molar-refractivity contribution in [3.8, 4) is 0 Å². The average molecular weight is 1070 g/mol. The second-order valence-corrected chi connectivity index (χ2v) is 24.9. The molecule has 0 spiro atoms. The Bertz CT molecular complexity index is 1170. The molecular formula is C70H136O6. The van der Waals surface area contributed by atoms with Crippen molar-refractivity contribution in [1.29, 1.82) is 0 Å². The largest absolute Gasteiger partial charge is 0.462 e. The van der Waals surface area contributed by atoms with Crippen molar-refractivity contribution in [3.63, 3.8) is 0 Å². The Morgan fingerprint density at radius 3 is 0.750 bits per heavy atom. The van der Waals surface area contributed by atoms with Crippen LogP contribution in [0.3, 0.4) is 0 Å². The van der Waals surface area contributed by atoms with Crippen molar-refractivity contribution in [1.82, 2.24) is 0 Å². The van der Waals surface area contributed by atoms with Gasteiger partial charge in [-0.1, -0.05) is 362 Å². The summed E-state index contributed by atoms with van der Waals surface area (Å²) < 4.78 is 17.0. The van der Waals surface area contributed by atoms with Crippen molar-refractivity contribution >= 4 is 17.9 Å². The van der Waals surface area contributed by atoms with Gasteiger partial charge in [0.1, 0.15) is 13.2 Å². The highest BCUT2D eigenvalue weighted by molar-refractivity contribution is 5.71. The van der Waals surface area contributed by atoms with Crippen LogP contribution in [0.25, 0.3) is 0 Å². The SMILES string of the molecule is CCCCCCCCCCCCCCCCCC(=O)OC[C@H](COC(=O)CCCCCCCCCCCCCCCCCCCCC(C)C)OC(=O)CCCCCCCCCCCCCCCCCCCCC(C)CC. The first-order chi connectivity index (χ1) is 37.3. The van der Waals surface area contributed by atoms with Crippen LogP contribution in [0, 0.1) is 11.8 Å². The standard InChI is InChI=1S/C70H136O6/c1-6-8-9-10-11-12-13-14-23-30-35-40-45-50-55-60-68(71)74-63-67(64-75-69(72)61-56-51-46-41-36-31-26-21-17-15-19-24-28-33-38-43-48-53-58-65(3)4)76-70(73)62-57-52-47-42-37-32-27-22-18-16-20-25-29-34-39-44-49-54-59-66(5)7-2/h65-67H,6-64H2,1-5H3/t66?,67-/m1/s1. The lowest BCUT2D eigenvalue weighted by molar-refractivity contribution is -0.167. The Morgan fingerprint density at radius 2 is 0.500 bits per heavy atom. The highest BCUT2D eigenvalue weighted by Gasteiger charge is 2.20. The van der Waals surface area contributed by atoms with Gasteiger partial charge in [0.2, 0.25) is 0 Å². The van der Waals surface area contributed by atoms with Crippen molar-refractivity contribution in [2.24, 2.45) is 11.8 Å². The molecule has 0 aromatic rings. The smallest absolute Gasteiger partial charge is 0.306 e. The average Bonchev–Trinajstić information content (AvgIpc) is 3.41. The Kier molecular flexibility index (Phi) is 61.3. The van der Waals surface area contributed by atoms with Gasteiger partial charge in [-0.25, -0.2) is 0 Å². The van der Waals surface area contributed by atoms with Crippen LogP contribution in [0.15, 0.2) is 0 Å². The number of ether oxygens (including phenoxy) is 3. The monoisotopic (exact) mass is 1070 g/mol. The topological polar surface area (TPSA) is 78.9 Å². The van der Waals surface area contributed by atoms with Crippen molar-refractivity contribution in [2.75, 3.05) is 13.2 Å². The van der Waals surface area contributed by atoms with Crippen molar-refractivity contribution in [2.45, 2.75) is 407 Å². The summed E-state index contributed by atoms with van der Waals surface area (Å²) >= 11 is 0. The molecule has 76 heavy (non-hydrogen) atoms. The van der Waals surface area contributed by atoms with E-state index in [-0.39, 0.29) is 31.1 Å². The van der Waals surface area contributed by atoms with E-state index < -0.39 is 6.10 Å². The normalized spacial score (nSPS) is 12.4. The van der Waals surface area contributed by atoms with E-state index in [0.717, 1.165) is 69.6 Å². The summed E-state index contributed by atoms with van der Waals surface area (Å²) in [5, 5.41) is 0. The van der Waals surface area contributed by atoms with Gasteiger partial charge in [0.15, 0.2) is 6.10 Å². The fraction of sp³-hybridized carbons (Fsp3) is 0.957. The highest BCUT2D eigenvalue weighted by Crippen LogP contribution is 2.20. The van der Waals surface area contributed by atoms with E-state index in [1.54, 1.807) is 0 Å². The van der Waals surface area contributed by atoms with Crippen molar-refractivity contribution < 1.29 is 28.6 Å². The third-order valence-electron chi connectivity index (χ3n) is 16.6. The fourth-order valence-electron chi connectivity index (χ4n) is 11.0. The molecule has 0 saturated heterocycles. The number of rotatable bonds is 64. The Morgan fingerprint density at radius 1 is 0.276 bits per heavy atom. The van der Waals surface area contributed by atoms with Crippen LogP contribution in [0.2, 0.25) is 0 Å². The van der Waals surface area contributed by atoms with Gasteiger partial charge in [-0.2, -0.15) is 0 Å². The summed E-state index contributed by atoms with van der Waals surface area (Å²) in [5.74, 6) is 0.944. The van der Waals surface area contributed by atoms with Crippen LogP contribution in [0.5, 0.6) is 0 Å². The van der Waals surface area contributed by atoms with E-state index in [2.05, 4.69) is 34.6 Å². The molecule has 0 heterocycles. The van der Waals surface area contributed by atoms with Gasteiger partial charge < -0.3 is 14.2 Å². The first kappa shape index (κ1) is 74.4. The summed E-state index contributed by atoms with van der Waals surface area (Å²) in [4.78, 5) is 38.4. The summed E-state index contributed by atoms with van der Waals surface area (Å²) in [5.41, 5.74) is 0. The predicted octanol–water partition coefficient (Wildman–Crippen LogP) is 23.6. The minimum absolute atomic E-state index is 0.0612. The lowest BCUT2D eigenvalue weighted by Gasteiger charge is -2.18. The molecule has 0 bridgehead atoms. The molecule has 2 atom stereocenters. The molecule has 0 rings (SSSR count). The minimum atomic E-state index is -0.764. The summed E-state index contributed by atoms with van der Waals surface area (Å²) in [6, 6.07) is 0. The van der Waals surface area contributed by atoms with E-state index in [1.165, 1.54) is 289 Å². The van der Waals surface area contributed by atoms with Crippen LogP contribution in [-0.4, -0.2) is 37.2 Å². The Hall–Kier alpha value is -1.59. The number of carbonyl (C=O) groups excluding carboxylic acids is 3. The molecule has 1 unspecified atom stereocenters. The molecule has 0 amide bonds. The zero-order valence-corrected chi connectivity index (χ0v) is 52.4. The van der Waals surface area contributed by atoms with Crippen LogP contribution in [-0.2, 0) is 28.6 Å². The second kappa shape index (κ2) is 62.6. The number of hydrogen-bond acceptors (Lipinski definition) is 6. The quantitative estimate of drug-likeness (QED) is 0.0343. The second-order valence-electron chi connectivity index (χ2n) is 24.9. The lowest BCUT2D eigenvalue weighted by atomic mass is 9.99. The molecule has 0 aromatic heterocycles. The summed E-state index contributed by atoms with van der Waals surface area (Å²) in [7, 11) is 0. The van der Waals surface area contributed by atoms with Gasteiger partial charge in [0.05, 0.1) is 0 Å². The van der Waals surface area contributed by atoms with E-state index >= 15 is 0 Å². The first-order valence-corrected chi connectivity index (χ1v) is 34.8. The Balaban J connectivity index is 4.25. The first-order valence-electron chi connectivity index (χ1n) is 34.8. The van der Waals surface area contributed by atoms with Gasteiger partial charge >= 0.3 is 17.9 Å².